The first-order chi connectivity index (χ1) is 21.0. The highest BCUT2D eigenvalue weighted by molar-refractivity contribution is 7.92. The van der Waals surface area contributed by atoms with Crippen molar-refractivity contribution >= 4 is 30.8 Å². The van der Waals surface area contributed by atoms with E-state index in [1.807, 2.05) is 19.1 Å². The highest BCUT2D eigenvalue weighted by atomic mass is 32.2. The van der Waals surface area contributed by atoms with E-state index in [9.17, 15) is 26.7 Å². The molecule has 3 fully saturated rings. The number of piperidine rings is 1. The van der Waals surface area contributed by atoms with Gasteiger partial charge in [-0.25, -0.2) is 16.8 Å². The Morgan fingerprint density at radius 2 is 1.82 bits per heavy atom. The minimum atomic E-state index is -3.98. The Balaban J connectivity index is 1.01. The number of pyridine rings is 1. The molecule has 2 aliphatic heterocycles. The Morgan fingerprint density at radius 1 is 1.07 bits per heavy atom. The largest absolute Gasteiger partial charge is 0.491 e. The predicted octanol–water partition coefficient (Wildman–Crippen LogP) is 3.74. The number of benzene rings is 2. The molecule has 1 aromatic heterocycles. The topological polar surface area (TPSA) is 132 Å². The van der Waals surface area contributed by atoms with Crippen molar-refractivity contribution in [2.75, 3.05) is 26.3 Å². The quantitative estimate of drug-likeness (QED) is 0.334. The summed E-state index contributed by atoms with van der Waals surface area (Å²) in [6, 6.07) is 13.5. The van der Waals surface area contributed by atoms with Gasteiger partial charge in [0, 0.05) is 31.2 Å². The first kappa shape index (κ1) is 31.2. The van der Waals surface area contributed by atoms with Gasteiger partial charge in [-0.1, -0.05) is 18.2 Å². The van der Waals surface area contributed by atoms with Crippen LogP contribution in [0.1, 0.15) is 51.9 Å². The van der Waals surface area contributed by atoms with Crippen molar-refractivity contribution in [1.29, 1.82) is 0 Å². The number of aryl methyl sites for hydroxylation is 1. The maximum atomic E-state index is 13.6. The standard InChI is InChI=1S/C32H40N2O8S2/c1-2-33-20-30(31(36)28-8-3-4-9-29(28)33)44(39,40)34-16-14-32(15-17-34)19-23(21-42-32)10-11-24(35)22-41-25-6-5-7-27(18-25)43(37,38)26-12-13-26/h3-9,18,20,23-24,26,35H,2,10-17,19,21-22H2,1H3/t23-,24+/m1/s1. The Morgan fingerprint density at radius 3 is 2.55 bits per heavy atom. The lowest BCUT2D eigenvalue weighted by Gasteiger charge is -2.38. The molecule has 1 N–H and O–H groups in total. The number of rotatable bonds is 11. The zero-order valence-electron chi connectivity index (χ0n) is 24.9. The maximum Gasteiger partial charge on any atom is 0.248 e. The number of sulfone groups is 1. The molecule has 238 valence electrons. The molecule has 2 aromatic carbocycles. The fourth-order valence-corrected chi connectivity index (χ4v) is 9.76. The lowest BCUT2D eigenvalue weighted by Crippen LogP contribution is -2.47. The summed E-state index contributed by atoms with van der Waals surface area (Å²) in [5.74, 6) is 0.657. The highest BCUT2D eigenvalue weighted by Crippen LogP contribution is 2.41. The number of ether oxygens (including phenoxy) is 2. The molecule has 0 amide bonds. The Bertz CT molecular complexity index is 1790. The third kappa shape index (κ3) is 6.19. The molecule has 3 aliphatic rings. The molecular formula is C32H40N2O8S2. The van der Waals surface area contributed by atoms with Crippen molar-refractivity contribution in [3.8, 4) is 5.75 Å². The molecule has 12 heteroatoms. The minimum Gasteiger partial charge on any atom is -0.491 e. The Kier molecular flexibility index (Phi) is 8.66. The molecular weight excluding hydrogens is 604 g/mol. The van der Waals surface area contributed by atoms with E-state index in [0.717, 1.165) is 12.8 Å². The van der Waals surface area contributed by atoms with Crippen LogP contribution in [-0.4, -0.2) is 74.1 Å². The van der Waals surface area contributed by atoms with Crippen molar-refractivity contribution in [1.82, 2.24) is 8.87 Å². The van der Waals surface area contributed by atoms with Crippen molar-refractivity contribution in [2.24, 2.45) is 5.92 Å². The van der Waals surface area contributed by atoms with E-state index in [1.54, 1.807) is 34.9 Å². The molecule has 3 heterocycles. The first-order valence-electron chi connectivity index (χ1n) is 15.4. The van der Waals surface area contributed by atoms with Crippen molar-refractivity contribution in [3.63, 3.8) is 0 Å². The molecule has 0 radical (unpaired) electrons. The van der Waals surface area contributed by atoms with Crippen LogP contribution in [0.2, 0.25) is 0 Å². The summed E-state index contributed by atoms with van der Waals surface area (Å²) >= 11 is 0. The van der Waals surface area contributed by atoms with Crippen LogP contribution < -0.4 is 10.2 Å². The Labute approximate surface area is 258 Å². The fraction of sp³-hybridized carbons (Fsp3) is 0.531. The zero-order valence-corrected chi connectivity index (χ0v) is 26.6. The van der Waals surface area contributed by atoms with Crippen LogP contribution in [0.25, 0.3) is 10.9 Å². The first-order valence-corrected chi connectivity index (χ1v) is 18.4. The number of aliphatic hydroxyl groups excluding tert-OH is 1. The van der Waals surface area contributed by atoms with Crippen LogP contribution >= 0.6 is 0 Å². The van der Waals surface area contributed by atoms with Crippen molar-refractivity contribution in [2.45, 2.75) is 85.2 Å². The predicted molar refractivity (Wildman–Crippen MR) is 166 cm³/mol. The molecule has 10 nitrogen and oxygen atoms in total. The van der Waals surface area contributed by atoms with Crippen LogP contribution in [0.5, 0.6) is 5.75 Å². The SMILES string of the molecule is CCn1cc(S(=O)(=O)N2CCC3(CC2)C[C@@H](CC[C@H](O)COc2cccc(S(=O)(=O)C4CC4)c2)CO3)c(=O)c2ccccc21. The molecule has 0 bridgehead atoms. The van der Waals surface area contributed by atoms with Gasteiger partial charge < -0.3 is 19.1 Å². The number of hydrogen-bond donors (Lipinski definition) is 1. The van der Waals surface area contributed by atoms with Gasteiger partial charge in [0.15, 0.2) is 9.84 Å². The normalized spacial score (nSPS) is 21.5. The average molecular weight is 645 g/mol. The van der Waals surface area contributed by atoms with Crippen molar-refractivity contribution in [3.05, 3.63) is 65.0 Å². The summed E-state index contributed by atoms with van der Waals surface area (Å²) in [7, 11) is -7.28. The van der Waals surface area contributed by atoms with Crippen LogP contribution in [0.3, 0.4) is 0 Å². The monoisotopic (exact) mass is 644 g/mol. The lowest BCUT2D eigenvalue weighted by molar-refractivity contribution is -0.0314. The molecule has 2 saturated heterocycles. The highest BCUT2D eigenvalue weighted by Gasteiger charge is 2.45. The number of hydrogen-bond acceptors (Lipinski definition) is 8. The molecule has 1 saturated carbocycles. The van der Waals surface area contributed by atoms with Gasteiger partial charge in [-0.3, -0.25) is 4.79 Å². The summed E-state index contributed by atoms with van der Waals surface area (Å²) in [6.45, 7) is 3.63. The lowest BCUT2D eigenvalue weighted by atomic mass is 9.84. The summed E-state index contributed by atoms with van der Waals surface area (Å²) in [6.07, 6.45) is 5.27. The van der Waals surface area contributed by atoms with E-state index < -0.39 is 37.0 Å². The molecule has 1 spiro atoms. The summed E-state index contributed by atoms with van der Waals surface area (Å²) < 4.78 is 67.5. The van der Waals surface area contributed by atoms with Gasteiger partial charge in [0.2, 0.25) is 15.5 Å². The van der Waals surface area contributed by atoms with Crippen molar-refractivity contribution < 1.29 is 31.4 Å². The van der Waals surface area contributed by atoms with Gasteiger partial charge in [-0.05, 0) is 88.1 Å². The van der Waals surface area contributed by atoms with Gasteiger partial charge >= 0.3 is 0 Å². The number of aliphatic hydroxyl groups is 1. The molecule has 2 atom stereocenters. The van der Waals surface area contributed by atoms with Crippen LogP contribution in [0, 0.1) is 5.92 Å². The van der Waals surface area contributed by atoms with E-state index in [4.69, 9.17) is 9.47 Å². The van der Waals surface area contributed by atoms with E-state index in [2.05, 4.69) is 0 Å². The fourth-order valence-electron chi connectivity index (χ4n) is 6.53. The second kappa shape index (κ2) is 12.2. The number of para-hydroxylation sites is 1. The third-order valence-electron chi connectivity index (χ3n) is 9.28. The summed E-state index contributed by atoms with van der Waals surface area (Å²) in [5.41, 5.74) is -0.160. The van der Waals surface area contributed by atoms with E-state index in [1.165, 1.54) is 16.6 Å². The zero-order chi connectivity index (χ0) is 31.1. The van der Waals surface area contributed by atoms with Gasteiger partial charge in [-0.2, -0.15) is 4.31 Å². The molecule has 3 aromatic rings. The number of nitrogens with zero attached hydrogens (tertiary/aromatic N) is 2. The van der Waals surface area contributed by atoms with Gasteiger partial charge in [0.25, 0.3) is 0 Å². The van der Waals surface area contributed by atoms with Crippen LogP contribution in [0.15, 0.2) is 69.3 Å². The molecule has 0 unspecified atom stereocenters. The van der Waals surface area contributed by atoms with Gasteiger partial charge in [-0.15, -0.1) is 0 Å². The summed E-state index contributed by atoms with van der Waals surface area (Å²) in [5, 5.41) is 10.7. The maximum absolute atomic E-state index is 13.6. The van der Waals surface area contributed by atoms with E-state index in [-0.39, 0.29) is 40.7 Å². The van der Waals surface area contributed by atoms with E-state index in [0.29, 0.717) is 61.9 Å². The summed E-state index contributed by atoms with van der Waals surface area (Å²) in [4.78, 5) is 13.3. The van der Waals surface area contributed by atoms with Gasteiger partial charge in [0.1, 0.15) is 17.3 Å². The average Bonchev–Trinajstić information content (AvgIpc) is 3.83. The number of aromatic nitrogens is 1. The smallest absolute Gasteiger partial charge is 0.248 e. The second-order valence-corrected chi connectivity index (χ2v) is 16.5. The second-order valence-electron chi connectivity index (χ2n) is 12.4. The molecule has 1 aliphatic carbocycles. The number of sulfonamides is 1. The van der Waals surface area contributed by atoms with Crippen LogP contribution in [0.4, 0.5) is 0 Å². The van der Waals surface area contributed by atoms with Crippen LogP contribution in [-0.2, 0) is 31.1 Å². The molecule has 6 rings (SSSR count). The Hall–Kier alpha value is -2.77. The third-order valence-corrected chi connectivity index (χ3v) is 13.4. The van der Waals surface area contributed by atoms with E-state index >= 15 is 0 Å². The van der Waals surface area contributed by atoms with Gasteiger partial charge in [0.05, 0.1) is 34.0 Å². The number of fused-ring (bicyclic) bond motifs is 1. The molecule has 44 heavy (non-hydrogen) atoms. The minimum absolute atomic E-state index is 0.0625.